The van der Waals surface area contributed by atoms with E-state index in [4.69, 9.17) is 11.6 Å². The van der Waals surface area contributed by atoms with E-state index in [-0.39, 0.29) is 10.8 Å². The van der Waals surface area contributed by atoms with E-state index in [0.29, 0.717) is 23.6 Å². The van der Waals surface area contributed by atoms with Crippen LogP contribution in [-0.2, 0) is 14.6 Å². The van der Waals surface area contributed by atoms with E-state index in [1.54, 1.807) is 36.4 Å². The SMILES string of the molecule is CS(=O)(=O)c1ccc(C(=C2CCNC2=O)c2ccc(Cl)cc2)cc1. The summed E-state index contributed by atoms with van der Waals surface area (Å²) in [5.41, 5.74) is 3.18. The van der Waals surface area contributed by atoms with E-state index in [0.717, 1.165) is 16.7 Å². The molecule has 6 heteroatoms. The number of halogens is 1. The molecule has 1 amide bonds. The molecule has 0 spiro atoms. The predicted molar refractivity (Wildman–Crippen MR) is 94.7 cm³/mol. The molecular weight excluding hydrogens is 346 g/mol. The fraction of sp³-hybridized carbons (Fsp3) is 0.167. The minimum atomic E-state index is -3.26. The quantitative estimate of drug-likeness (QED) is 0.854. The first kappa shape index (κ1) is 16.7. The van der Waals surface area contributed by atoms with Crippen molar-refractivity contribution in [1.82, 2.24) is 5.32 Å². The third-order valence-electron chi connectivity index (χ3n) is 3.94. The van der Waals surface area contributed by atoms with Gasteiger partial charge in [-0.2, -0.15) is 0 Å². The maximum absolute atomic E-state index is 12.2. The minimum absolute atomic E-state index is 0.0906. The molecule has 0 bridgehead atoms. The van der Waals surface area contributed by atoms with E-state index in [1.807, 2.05) is 12.1 Å². The van der Waals surface area contributed by atoms with Gasteiger partial charge >= 0.3 is 0 Å². The number of nitrogens with one attached hydrogen (secondary N) is 1. The second-order valence-corrected chi connectivity index (χ2v) is 8.12. The second-order valence-electron chi connectivity index (χ2n) is 5.66. The van der Waals surface area contributed by atoms with Crippen molar-refractivity contribution in [2.75, 3.05) is 12.8 Å². The Kier molecular flexibility index (Phi) is 4.47. The molecule has 0 atom stereocenters. The van der Waals surface area contributed by atoms with Crippen LogP contribution >= 0.6 is 11.6 Å². The molecule has 2 aromatic carbocycles. The van der Waals surface area contributed by atoms with Crippen molar-refractivity contribution in [1.29, 1.82) is 0 Å². The molecule has 0 aromatic heterocycles. The van der Waals surface area contributed by atoms with Crippen LogP contribution in [0.25, 0.3) is 5.57 Å². The highest BCUT2D eigenvalue weighted by Gasteiger charge is 2.23. The summed E-state index contributed by atoms with van der Waals surface area (Å²) in [6.07, 6.45) is 1.80. The topological polar surface area (TPSA) is 63.2 Å². The summed E-state index contributed by atoms with van der Waals surface area (Å²) in [5, 5.41) is 3.43. The highest BCUT2D eigenvalue weighted by atomic mass is 35.5. The lowest BCUT2D eigenvalue weighted by Crippen LogP contribution is -2.15. The van der Waals surface area contributed by atoms with Crippen LogP contribution in [0.2, 0.25) is 5.02 Å². The van der Waals surface area contributed by atoms with Crippen molar-refractivity contribution in [2.45, 2.75) is 11.3 Å². The van der Waals surface area contributed by atoms with Crippen molar-refractivity contribution in [3.8, 4) is 0 Å². The lowest BCUT2D eigenvalue weighted by molar-refractivity contribution is -0.116. The van der Waals surface area contributed by atoms with Crippen molar-refractivity contribution in [3.63, 3.8) is 0 Å². The van der Waals surface area contributed by atoms with Crippen LogP contribution < -0.4 is 5.32 Å². The molecular formula is C18H16ClNO3S. The van der Waals surface area contributed by atoms with E-state index < -0.39 is 9.84 Å². The normalized spacial score (nSPS) is 16.8. The van der Waals surface area contributed by atoms with E-state index >= 15 is 0 Å². The van der Waals surface area contributed by atoms with Gasteiger partial charge in [-0.1, -0.05) is 35.9 Å². The maximum atomic E-state index is 12.2. The van der Waals surface area contributed by atoms with Gasteiger partial charge in [0.05, 0.1) is 4.90 Å². The summed E-state index contributed by atoms with van der Waals surface area (Å²) in [4.78, 5) is 12.4. The van der Waals surface area contributed by atoms with E-state index in [1.165, 1.54) is 6.26 Å². The third kappa shape index (κ3) is 3.37. The molecule has 3 rings (SSSR count). The maximum Gasteiger partial charge on any atom is 0.247 e. The number of carbonyl (C=O) groups is 1. The van der Waals surface area contributed by atoms with Gasteiger partial charge in [0.1, 0.15) is 0 Å². The Bertz CT molecular complexity index is 914. The lowest BCUT2D eigenvalue weighted by atomic mass is 9.92. The second kappa shape index (κ2) is 6.42. The molecule has 0 saturated carbocycles. The number of benzene rings is 2. The van der Waals surface area contributed by atoms with Gasteiger partial charge in [0.25, 0.3) is 0 Å². The lowest BCUT2D eigenvalue weighted by Gasteiger charge is -2.12. The Morgan fingerprint density at radius 2 is 1.54 bits per heavy atom. The average molecular weight is 362 g/mol. The van der Waals surface area contributed by atoms with Crippen molar-refractivity contribution >= 4 is 32.9 Å². The van der Waals surface area contributed by atoms with Gasteiger partial charge in [0.15, 0.2) is 9.84 Å². The minimum Gasteiger partial charge on any atom is -0.352 e. The van der Waals surface area contributed by atoms with Gasteiger partial charge < -0.3 is 5.32 Å². The number of carbonyl (C=O) groups excluding carboxylic acids is 1. The van der Waals surface area contributed by atoms with Crippen LogP contribution in [-0.4, -0.2) is 27.1 Å². The predicted octanol–water partition coefficient (Wildman–Crippen LogP) is 3.07. The smallest absolute Gasteiger partial charge is 0.247 e. The number of rotatable bonds is 3. The van der Waals surface area contributed by atoms with E-state index in [2.05, 4.69) is 5.32 Å². The molecule has 1 heterocycles. The zero-order valence-corrected chi connectivity index (χ0v) is 14.6. The number of hydrogen-bond acceptors (Lipinski definition) is 3. The van der Waals surface area contributed by atoms with E-state index in [9.17, 15) is 13.2 Å². The molecule has 1 aliphatic heterocycles. The highest BCUT2D eigenvalue weighted by molar-refractivity contribution is 7.90. The van der Waals surface area contributed by atoms with Gasteiger partial charge in [-0.05, 0) is 47.4 Å². The largest absolute Gasteiger partial charge is 0.352 e. The summed E-state index contributed by atoms with van der Waals surface area (Å²) in [6.45, 7) is 0.604. The number of sulfone groups is 1. The molecule has 0 unspecified atom stereocenters. The molecule has 124 valence electrons. The zero-order chi connectivity index (χ0) is 17.3. The van der Waals surface area contributed by atoms with Crippen LogP contribution in [0.3, 0.4) is 0 Å². The first-order valence-corrected chi connectivity index (χ1v) is 9.71. The molecule has 1 N–H and O–H groups in total. The van der Waals surface area contributed by atoms with Gasteiger partial charge in [-0.15, -0.1) is 0 Å². The molecule has 1 saturated heterocycles. The Hall–Kier alpha value is -2.11. The average Bonchev–Trinajstić information content (AvgIpc) is 2.95. The molecule has 2 aromatic rings. The Balaban J connectivity index is 2.16. The summed E-state index contributed by atoms with van der Waals surface area (Å²) in [6, 6.07) is 13.9. The monoisotopic (exact) mass is 361 g/mol. The van der Waals surface area contributed by atoms with Crippen molar-refractivity contribution in [2.24, 2.45) is 0 Å². The van der Waals surface area contributed by atoms with Crippen LogP contribution in [0.4, 0.5) is 0 Å². The molecule has 1 aliphatic rings. The Morgan fingerprint density at radius 3 is 2.00 bits per heavy atom. The standard InChI is InChI=1S/C18H16ClNO3S/c1-24(22,23)15-8-4-13(5-9-15)17(16-10-11-20-18(16)21)12-2-6-14(19)7-3-12/h2-9H,10-11H2,1H3,(H,20,21). The third-order valence-corrected chi connectivity index (χ3v) is 5.32. The van der Waals surface area contributed by atoms with Gasteiger partial charge in [0, 0.05) is 23.4 Å². The summed E-state index contributed by atoms with van der Waals surface area (Å²) in [7, 11) is -3.26. The highest BCUT2D eigenvalue weighted by Crippen LogP contribution is 2.31. The molecule has 24 heavy (non-hydrogen) atoms. The van der Waals surface area contributed by atoms with Crippen molar-refractivity contribution < 1.29 is 13.2 Å². The number of hydrogen-bond donors (Lipinski definition) is 1. The molecule has 0 radical (unpaired) electrons. The summed E-state index contributed by atoms with van der Waals surface area (Å²) in [5.74, 6) is -0.0906. The first-order valence-electron chi connectivity index (χ1n) is 7.44. The summed E-state index contributed by atoms with van der Waals surface area (Å²) >= 11 is 5.96. The fourth-order valence-corrected chi connectivity index (χ4v) is 3.52. The molecule has 0 aliphatic carbocycles. The molecule has 1 fully saturated rings. The Morgan fingerprint density at radius 1 is 1.00 bits per heavy atom. The molecule has 4 nitrogen and oxygen atoms in total. The van der Waals surface area contributed by atoms with Crippen LogP contribution in [0.1, 0.15) is 17.5 Å². The van der Waals surface area contributed by atoms with Crippen molar-refractivity contribution in [3.05, 3.63) is 70.3 Å². The first-order chi connectivity index (χ1) is 11.4. The van der Waals surface area contributed by atoms with Crippen LogP contribution in [0.15, 0.2) is 59.0 Å². The van der Waals surface area contributed by atoms with Gasteiger partial charge in [0.2, 0.25) is 5.91 Å². The Labute approximate surface area is 146 Å². The zero-order valence-electron chi connectivity index (χ0n) is 13.0. The van der Waals surface area contributed by atoms with Gasteiger partial charge in [-0.3, -0.25) is 4.79 Å². The van der Waals surface area contributed by atoms with Gasteiger partial charge in [-0.25, -0.2) is 8.42 Å². The number of amides is 1. The van der Waals surface area contributed by atoms with Crippen LogP contribution in [0, 0.1) is 0 Å². The fourth-order valence-electron chi connectivity index (χ4n) is 2.76. The van der Waals surface area contributed by atoms with Crippen LogP contribution in [0.5, 0.6) is 0 Å². The summed E-state index contributed by atoms with van der Waals surface area (Å²) < 4.78 is 23.3.